The van der Waals surface area contributed by atoms with Gasteiger partial charge in [-0.3, -0.25) is 4.98 Å². The van der Waals surface area contributed by atoms with E-state index in [0.717, 1.165) is 5.56 Å². The Hall–Kier alpha value is -5.10. The minimum absolute atomic E-state index is 0.0746. The standard InChI is InChI=1S/C30H24FN5O3/c1-30(2,3)39-29(37)36-26(21-8-12-34-27(15-21)38-18-19-6-10-33-11-7-19)16-24-23(9-13-35-28(24)36)20-4-5-25(31)22(14-20)17-32/h4-16H,18H2,1-3H3. The lowest BCUT2D eigenvalue weighted by Gasteiger charge is -2.20. The number of aromatic nitrogens is 4. The summed E-state index contributed by atoms with van der Waals surface area (Å²) in [4.78, 5) is 26.3. The number of halogens is 1. The molecule has 0 saturated heterocycles. The predicted molar refractivity (Wildman–Crippen MR) is 143 cm³/mol. The molecule has 0 aliphatic carbocycles. The van der Waals surface area contributed by atoms with Crippen molar-refractivity contribution in [1.82, 2.24) is 19.5 Å². The van der Waals surface area contributed by atoms with Gasteiger partial charge in [-0.2, -0.15) is 5.26 Å². The third-order valence-electron chi connectivity index (χ3n) is 5.84. The molecule has 1 aromatic carbocycles. The number of ether oxygens (including phenoxy) is 2. The maximum Gasteiger partial charge on any atom is 0.420 e. The fourth-order valence-corrected chi connectivity index (χ4v) is 4.12. The first-order chi connectivity index (χ1) is 18.7. The number of nitrogens with zero attached hydrogens (tertiary/aromatic N) is 5. The van der Waals surface area contributed by atoms with Gasteiger partial charge in [0.1, 0.15) is 24.1 Å². The van der Waals surface area contributed by atoms with Crippen LogP contribution in [0.1, 0.15) is 31.9 Å². The highest BCUT2D eigenvalue weighted by Gasteiger charge is 2.25. The molecular formula is C30H24FN5O3. The van der Waals surface area contributed by atoms with Crippen molar-refractivity contribution in [2.24, 2.45) is 0 Å². The summed E-state index contributed by atoms with van der Waals surface area (Å²) in [5.74, 6) is -0.231. The maximum atomic E-state index is 14.0. The summed E-state index contributed by atoms with van der Waals surface area (Å²) in [6, 6.07) is 17.0. The van der Waals surface area contributed by atoms with E-state index in [9.17, 15) is 14.4 Å². The van der Waals surface area contributed by atoms with Gasteiger partial charge in [-0.05, 0) is 79.9 Å². The first-order valence-electron chi connectivity index (χ1n) is 12.2. The molecule has 4 aromatic heterocycles. The molecule has 0 spiro atoms. The van der Waals surface area contributed by atoms with E-state index in [4.69, 9.17) is 9.47 Å². The van der Waals surface area contributed by atoms with Crippen LogP contribution in [0.25, 0.3) is 33.4 Å². The zero-order valence-corrected chi connectivity index (χ0v) is 21.6. The van der Waals surface area contributed by atoms with Gasteiger partial charge in [0.15, 0.2) is 5.65 Å². The van der Waals surface area contributed by atoms with Gasteiger partial charge < -0.3 is 9.47 Å². The van der Waals surface area contributed by atoms with E-state index in [1.807, 2.05) is 24.3 Å². The first kappa shape index (κ1) is 25.5. The fourth-order valence-electron chi connectivity index (χ4n) is 4.12. The number of carbonyl (C=O) groups is 1. The fraction of sp³-hybridized carbons (Fsp3) is 0.167. The van der Waals surface area contributed by atoms with Gasteiger partial charge in [-0.15, -0.1) is 0 Å². The summed E-state index contributed by atoms with van der Waals surface area (Å²) in [5.41, 5.74) is 2.93. The molecule has 0 fully saturated rings. The normalized spacial score (nSPS) is 11.3. The summed E-state index contributed by atoms with van der Waals surface area (Å²) >= 11 is 0. The minimum atomic E-state index is -0.752. The monoisotopic (exact) mass is 521 g/mol. The number of nitriles is 1. The number of pyridine rings is 3. The summed E-state index contributed by atoms with van der Waals surface area (Å²) in [5, 5.41) is 9.96. The van der Waals surface area contributed by atoms with Gasteiger partial charge in [0.05, 0.1) is 11.3 Å². The molecule has 0 aliphatic rings. The van der Waals surface area contributed by atoms with Crippen LogP contribution in [0, 0.1) is 17.1 Å². The SMILES string of the molecule is CC(C)(C)OC(=O)n1c(-c2ccnc(OCc3ccncc3)c2)cc2c(-c3ccc(F)c(C#N)c3)ccnc21. The van der Waals surface area contributed by atoms with Crippen LogP contribution in [0.15, 0.2) is 79.4 Å². The molecule has 39 heavy (non-hydrogen) atoms. The number of fused-ring (bicyclic) bond motifs is 1. The Labute approximate surface area is 224 Å². The van der Waals surface area contributed by atoms with Gasteiger partial charge in [0.25, 0.3) is 0 Å². The van der Waals surface area contributed by atoms with Crippen molar-refractivity contribution in [3.05, 3.63) is 96.3 Å². The molecule has 8 nitrogen and oxygen atoms in total. The second kappa shape index (κ2) is 10.3. The molecule has 5 aromatic rings. The van der Waals surface area contributed by atoms with Gasteiger partial charge in [-0.1, -0.05) is 6.07 Å². The van der Waals surface area contributed by atoms with E-state index in [-0.39, 0.29) is 5.56 Å². The van der Waals surface area contributed by atoms with Crippen molar-refractivity contribution in [1.29, 1.82) is 5.26 Å². The number of carbonyl (C=O) groups excluding carboxylic acids is 1. The number of hydrogen-bond acceptors (Lipinski definition) is 7. The Bertz CT molecular complexity index is 1720. The van der Waals surface area contributed by atoms with Crippen molar-refractivity contribution >= 4 is 17.1 Å². The van der Waals surface area contributed by atoms with E-state index in [0.29, 0.717) is 45.9 Å². The molecule has 0 radical (unpaired) electrons. The van der Waals surface area contributed by atoms with E-state index in [1.165, 1.54) is 16.7 Å². The van der Waals surface area contributed by atoms with Crippen LogP contribution in [0.2, 0.25) is 0 Å². The first-order valence-corrected chi connectivity index (χ1v) is 12.2. The lowest BCUT2D eigenvalue weighted by molar-refractivity contribution is 0.0546. The lowest BCUT2D eigenvalue weighted by Crippen LogP contribution is -2.27. The number of benzene rings is 1. The van der Waals surface area contributed by atoms with Crippen LogP contribution in [0.5, 0.6) is 5.88 Å². The van der Waals surface area contributed by atoms with Crippen LogP contribution in [0.3, 0.4) is 0 Å². The van der Waals surface area contributed by atoms with Crippen molar-refractivity contribution in [2.45, 2.75) is 33.0 Å². The summed E-state index contributed by atoms with van der Waals surface area (Å²) in [6.45, 7) is 5.66. The summed E-state index contributed by atoms with van der Waals surface area (Å²) in [6.07, 6.45) is 5.93. The molecule has 4 heterocycles. The molecule has 0 unspecified atom stereocenters. The highest BCUT2D eigenvalue weighted by Crippen LogP contribution is 2.35. The Morgan fingerprint density at radius 2 is 1.74 bits per heavy atom. The van der Waals surface area contributed by atoms with Crippen molar-refractivity contribution in [3.8, 4) is 34.3 Å². The van der Waals surface area contributed by atoms with Crippen molar-refractivity contribution < 1.29 is 18.7 Å². The predicted octanol–water partition coefficient (Wildman–Crippen LogP) is 6.53. The van der Waals surface area contributed by atoms with Gasteiger partial charge in [-0.25, -0.2) is 23.7 Å². The molecule has 0 aliphatic heterocycles. The quantitative estimate of drug-likeness (QED) is 0.259. The summed E-state index contributed by atoms with van der Waals surface area (Å²) in [7, 11) is 0. The van der Waals surface area contributed by atoms with Crippen LogP contribution >= 0.6 is 0 Å². The molecular weight excluding hydrogens is 497 g/mol. The zero-order valence-electron chi connectivity index (χ0n) is 21.6. The Morgan fingerprint density at radius 3 is 2.49 bits per heavy atom. The Balaban J connectivity index is 1.64. The van der Waals surface area contributed by atoms with E-state index < -0.39 is 17.5 Å². The molecule has 0 N–H and O–H groups in total. The molecule has 9 heteroatoms. The molecule has 0 amide bonds. The minimum Gasteiger partial charge on any atom is -0.473 e. The largest absolute Gasteiger partial charge is 0.473 e. The van der Waals surface area contributed by atoms with Crippen LogP contribution in [-0.4, -0.2) is 31.2 Å². The summed E-state index contributed by atoms with van der Waals surface area (Å²) < 4.78 is 27.1. The average molecular weight is 522 g/mol. The number of rotatable bonds is 5. The highest BCUT2D eigenvalue weighted by molar-refractivity contribution is 6.01. The van der Waals surface area contributed by atoms with E-state index in [1.54, 1.807) is 69.8 Å². The molecule has 0 atom stereocenters. The van der Waals surface area contributed by atoms with E-state index >= 15 is 0 Å². The van der Waals surface area contributed by atoms with Gasteiger partial charge in [0, 0.05) is 41.8 Å². The topological polar surface area (TPSA) is 103 Å². The smallest absolute Gasteiger partial charge is 0.420 e. The van der Waals surface area contributed by atoms with Crippen molar-refractivity contribution in [2.75, 3.05) is 0 Å². The van der Waals surface area contributed by atoms with Gasteiger partial charge in [0.2, 0.25) is 5.88 Å². The Morgan fingerprint density at radius 1 is 0.974 bits per heavy atom. The van der Waals surface area contributed by atoms with Crippen LogP contribution in [0.4, 0.5) is 9.18 Å². The van der Waals surface area contributed by atoms with Crippen molar-refractivity contribution in [3.63, 3.8) is 0 Å². The second-order valence-electron chi connectivity index (χ2n) is 9.77. The zero-order chi connectivity index (χ0) is 27.6. The third kappa shape index (κ3) is 5.45. The Kier molecular flexibility index (Phi) is 6.77. The second-order valence-corrected chi connectivity index (χ2v) is 9.77. The highest BCUT2D eigenvalue weighted by atomic mass is 19.1. The molecule has 0 bridgehead atoms. The third-order valence-corrected chi connectivity index (χ3v) is 5.84. The molecule has 5 rings (SSSR count). The van der Waals surface area contributed by atoms with Crippen LogP contribution in [-0.2, 0) is 11.3 Å². The average Bonchev–Trinajstić information content (AvgIpc) is 3.32. The lowest BCUT2D eigenvalue weighted by atomic mass is 10.0. The van der Waals surface area contributed by atoms with E-state index in [2.05, 4.69) is 15.0 Å². The maximum absolute atomic E-state index is 14.0. The number of hydrogen-bond donors (Lipinski definition) is 0. The molecule has 194 valence electrons. The van der Waals surface area contributed by atoms with Crippen LogP contribution < -0.4 is 4.74 Å². The van der Waals surface area contributed by atoms with Gasteiger partial charge >= 0.3 is 6.09 Å². The molecule has 0 saturated carbocycles.